The third-order valence-electron chi connectivity index (χ3n) is 5.09. The second kappa shape index (κ2) is 9.09. The zero-order chi connectivity index (χ0) is 20.9. The third-order valence-corrected chi connectivity index (χ3v) is 6.13. The molecule has 5 heteroatoms. The summed E-state index contributed by atoms with van der Waals surface area (Å²) in [6.07, 6.45) is 2.16. The number of rotatable bonds is 7. The smallest absolute Gasteiger partial charge is 0.234 e. The van der Waals surface area contributed by atoms with Gasteiger partial charge in [0, 0.05) is 34.2 Å². The van der Waals surface area contributed by atoms with Crippen molar-refractivity contribution in [2.75, 3.05) is 18.2 Å². The van der Waals surface area contributed by atoms with Crippen LogP contribution in [0.3, 0.4) is 0 Å². The molecule has 4 aromatic rings. The largest absolute Gasteiger partial charge is 0.497 e. The molecule has 3 aromatic carbocycles. The number of benzene rings is 3. The van der Waals surface area contributed by atoms with Crippen molar-refractivity contribution in [2.24, 2.45) is 0 Å². The molecule has 0 saturated heterocycles. The summed E-state index contributed by atoms with van der Waals surface area (Å²) in [6.45, 7) is 2.95. The van der Waals surface area contributed by atoms with E-state index in [9.17, 15) is 4.79 Å². The van der Waals surface area contributed by atoms with Crippen molar-refractivity contribution >= 4 is 34.3 Å². The SMILES string of the molecule is COc1ccc(NC(=O)CSc2cn(Cc3ccccc3C)c3ccccc23)cc1. The zero-order valence-corrected chi connectivity index (χ0v) is 17.9. The van der Waals surface area contributed by atoms with E-state index >= 15 is 0 Å². The quantitative estimate of drug-likeness (QED) is 0.391. The minimum Gasteiger partial charge on any atom is -0.497 e. The molecule has 0 aliphatic carbocycles. The first kappa shape index (κ1) is 20.1. The first-order valence-electron chi connectivity index (χ1n) is 9.83. The van der Waals surface area contributed by atoms with Gasteiger partial charge >= 0.3 is 0 Å². The number of anilines is 1. The number of para-hydroxylation sites is 1. The maximum absolute atomic E-state index is 12.4. The van der Waals surface area contributed by atoms with Gasteiger partial charge in [-0.1, -0.05) is 42.5 Å². The van der Waals surface area contributed by atoms with Crippen molar-refractivity contribution in [3.63, 3.8) is 0 Å². The summed E-state index contributed by atoms with van der Waals surface area (Å²) in [6, 6.07) is 24.2. The zero-order valence-electron chi connectivity index (χ0n) is 17.1. The molecule has 4 nitrogen and oxygen atoms in total. The highest BCUT2D eigenvalue weighted by atomic mass is 32.2. The molecule has 1 aromatic heterocycles. The van der Waals surface area contributed by atoms with Gasteiger partial charge in [-0.25, -0.2) is 0 Å². The average molecular weight is 417 g/mol. The fourth-order valence-corrected chi connectivity index (χ4v) is 4.33. The summed E-state index contributed by atoms with van der Waals surface area (Å²) in [5, 5.41) is 4.12. The van der Waals surface area contributed by atoms with Crippen LogP contribution in [0.15, 0.2) is 83.9 Å². The van der Waals surface area contributed by atoms with Gasteiger partial charge in [0.15, 0.2) is 0 Å². The number of thioether (sulfide) groups is 1. The molecule has 0 spiro atoms. The predicted molar refractivity (Wildman–Crippen MR) is 125 cm³/mol. The fourth-order valence-electron chi connectivity index (χ4n) is 3.44. The van der Waals surface area contributed by atoms with Crippen LogP contribution in [0.1, 0.15) is 11.1 Å². The highest BCUT2D eigenvalue weighted by Gasteiger charge is 2.12. The highest BCUT2D eigenvalue weighted by Crippen LogP contribution is 2.31. The standard InChI is InChI=1S/C25H24N2O2S/c1-18-7-3-4-8-19(18)15-27-16-24(22-9-5-6-10-23(22)27)30-17-25(28)26-20-11-13-21(29-2)14-12-20/h3-14,16H,15,17H2,1-2H3,(H,26,28). The Labute approximate surface area is 180 Å². The molecule has 0 radical (unpaired) electrons. The number of nitrogens with one attached hydrogen (secondary N) is 1. The Hall–Kier alpha value is -3.18. The van der Waals surface area contributed by atoms with Crippen LogP contribution in [-0.2, 0) is 11.3 Å². The molecule has 0 bridgehead atoms. The molecule has 30 heavy (non-hydrogen) atoms. The van der Waals surface area contributed by atoms with Crippen LogP contribution >= 0.6 is 11.8 Å². The van der Waals surface area contributed by atoms with Gasteiger partial charge in [-0.3, -0.25) is 4.79 Å². The van der Waals surface area contributed by atoms with Crippen LogP contribution in [0.2, 0.25) is 0 Å². The number of hydrogen-bond donors (Lipinski definition) is 1. The number of aryl methyl sites for hydroxylation is 1. The average Bonchev–Trinajstić information content (AvgIpc) is 3.12. The topological polar surface area (TPSA) is 43.3 Å². The summed E-state index contributed by atoms with van der Waals surface area (Å²) >= 11 is 1.56. The van der Waals surface area contributed by atoms with E-state index in [0.29, 0.717) is 5.75 Å². The number of hydrogen-bond acceptors (Lipinski definition) is 3. The van der Waals surface area contributed by atoms with E-state index in [1.54, 1.807) is 18.9 Å². The van der Waals surface area contributed by atoms with Crippen molar-refractivity contribution < 1.29 is 9.53 Å². The Bertz CT molecular complexity index is 1170. The van der Waals surface area contributed by atoms with E-state index < -0.39 is 0 Å². The number of methoxy groups -OCH3 is 1. The Morgan fingerprint density at radius 2 is 1.73 bits per heavy atom. The fraction of sp³-hybridized carbons (Fsp3) is 0.160. The van der Waals surface area contributed by atoms with Crippen LogP contribution in [0.25, 0.3) is 10.9 Å². The molecule has 0 saturated carbocycles. The van der Waals surface area contributed by atoms with E-state index in [0.717, 1.165) is 22.9 Å². The number of ether oxygens (including phenoxy) is 1. The second-order valence-corrected chi connectivity index (χ2v) is 8.15. The number of amides is 1. The Morgan fingerprint density at radius 3 is 2.50 bits per heavy atom. The van der Waals surface area contributed by atoms with E-state index in [2.05, 4.69) is 65.5 Å². The molecule has 0 atom stereocenters. The van der Waals surface area contributed by atoms with Crippen molar-refractivity contribution in [3.8, 4) is 5.75 Å². The van der Waals surface area contributed by atoms with Gasteiger partial charge in [0.05, 0.1) is 12.9 Å². The van der Waals surface area contributed by atoms with Crippen LogP contribution in [0.5, 0.6) is 5.75 Å². The lowest BCUT2D eigenvalue weighted by molar-refractivity contribution is -0.113. The van der Waals surface area contributed by atoms with Gasteiger partial charge < -0.3 is 14.6 Å². The molecule has 1 amide bonds. The Balaban J connectivity index is 1.48. The predicted octanol–water partition coefficient (Wildman–Crippen LogP) is 5.74. The van der Waals surface area contributed by atoms with Gasteiger partial charge in [0.2, 0.25) is 5.91 Å². The van der Waals surface area contributed by atoms with Crippen LogP contribution in [-0.4, -0.2) is 23.3 Å². The van der Waals surface area contributed by atoms with E-state index in [-0.39, 0.29) is 5.91 Å². The van der Waals surface area contributed by atoms with Gasteiger partial charge in [0.1, 0.15) is 5.75 Å². The molecule has 0 fully saturated rings. The van der Waals surface area contributed by atoms with Gasteiger partial charge in [-0.2, -0.15) is 0 Å². The van der Waals surface area contributed by atoms with Crippen molar-refractivity contribution in [3.05, 3.63) is 90.1 Å². The minimum absolute atomic E-state index is 0.0269. The summed E-state index contributed by atoms with van der Waals surface area (Å²) < 4.78 is 7.42. The maximum Gasteiger partial charge on any atom is 0.234 e. The monoisotopic (exact) mass is 416 g/mol. The Kier molecular flexibility index (Phi) is 6.10. The van der Waals surface area contributed by atoms with Crippen LogP contribution in [0, 0.1) is 6.92 Å². The molecule has 1 heterocycles. The van der Waals surface area contributed by atoms with Crippen molar-refractivity contribution in [2.45, 2.75) is 18.4 Å². The lowest BCUT2D eigenvalue weighted by Gasteiger charge is -2.08. The van der Waals surface area contributed by atoms with Gasteiger partial charge in [-0.15, -0.1) is 11.8 Å². The van der Waals surface area contributed by atoms with Crippen molar-refractivity contribution in [1.29, 1.82) is 0 Å². The number of nitrogens with zero attached hydrogens (tertiary/aromatic N) is 1. The molecule has 1 N–H and O–H groups in total. The Morgan fingerprint density at radius 1 is 1.00 bits per heavy atom. The van der Waals surface area contributed by atoms with E-state index in [4.69, 9.17) is 4.74 Å². The minimum atomic E-state index is -0.0269. The van der Waals surface area contributed by atoms with Crippen molar-refractivity contribution in [1.82, 2.24) is 4.57 Å². The normalized spacial score (nSPS) is 10.9. The van der Waals surface area contributed by atoms with Gasteiger partial charge in [-0.05, 0) is 48.4 Å². The van der Waals surface area contributed by atoms with E-state index in [1.165, 1.54) is 22.0 Å². The van der Waals surface area contributed by atoms with Crippen LogP contribution < -0.4 is 10.1 Å². The van der Waals surface area contributed by atoms with Crippen LogP contribution in [0.4, 0.5) is 5.69 Å². The number of carbonyl (C=O) groups excluding carboxylic acids is 1. The lowest BCUT2D eigenvalue weighted by Crippen LogP contribution is -2.13. The van der Waals surface area contributed by atoms with E-state index in [1.807, 2.05) is 30.3 Å². The molecular formula is C25H24N2O2S. The molecule has 0 unspecified atom stereocenters. The number of carbonyl (C=O) groups is 1. The first-order chi connectivity index (χ1) is 14.6. The number of aromatic nitrogens is 1. The summed E-state index contributed by atoms with van der Waals surface area (Å²) in [4.78, 5) is 13.6. The molecule has 4 rings (SSSR count). The number of fused-ring (bicyclic) bond motifs is 1. The summed E-state index contributed by atoms with van der Waals surface area (Å²) in [7, 11) is 1.62. The molecule has 0 aliphatic rings. The summed E-state index contributed by atoms with van der Waals surface area (Å²) in [5.41, 5.74) is 4.53. The lowest BCUT2D eigenvalue weighted by atomic mass is 10.1. The van der Waals surface area contributed by atoms with Gasteiger partial charge in [0.25, 0.3) is 0 Å². The third kappa shape index (κ3) is 4.52. The maximum atomic E-state index is 12.4. The molecular weight excluding hydrogens is 392 g/mol. The molecule has 152 valence electrons. The molecule has 0 aliphatic heterocycles. The second-order valence-electron chi connectivity index (χ2n) is 7.13. The summed E-state index contributed by atoms with van der Waals surface area (Å²) in [5.74, 6) is 1.09. The first-order valence-corrected chi connectivity index (χ1v) is 10.8. The highest BCUT2D eigenvalue weighted by molar-refractivity contribution is 8.00.